The maximum absolute atomic E-state index is 4.67. The van der Waals surface area contributed by atoms with Gasteiger partial charge in [-0.3, -0.25) is 9.97 Å². The van der Waals surface area contributed by atoms with Gasteiger partial charge in [0.05, 0.1) is 11.4 Å². The number of rotatable bonds is 3. The standard InChI is InChI=1S/C32H20N2/c1-2-11-27-26(10-1)28-12-6-9-23-18-25(19-29(27)32(23)28)22-8-5-7-21(17-22)24-14-15-31(34-20-24)30-13-3-4-16-33-30/h1-20H. The van der Waals surface area contributed by atoms with Crippen molar-refractivity contribution in [3.63, 3.8) is 0 Å². The predicted molar refractivity (Wildman–Crippen MR) is 140 cm³/mol. The highest BCUT2D eigenvalue weighted by Crippen LogP contribution is 2.48. The fraction of sp³-hybridized carbons (Fsp3) is 0. The fourth-order valence-corrected chi connectivity index (χ4v) is 5.09. The first-order valence-corrected chi connectivity index (χ1v) is 11.5. The third-order valence-corrected chi connectivity index (χ3v) is 6.70. The summed E-state index contributed by atoms with van der Waals surface area (Å²) in [5.74, 6) is 0. The van der Waals surface area contributed by atoms with Crippen LogP contribution in [-0.4, -0.2) is 9.97 Å². The molecule has 4 aromatic carbocycles. The summed E-state index contributed by atoms with van der Waals surface area (Å²) in [5.41, 5.74) is 11.8. The second kappa shape index (κ2) is 7.50. The molecule has 1 aliphatic rings. The SMILES string of the molecule is c1ccc(-c2ccc(-c3cccc(-c4cc5c6c(cccc6c4)-c4ccccc4-5)c3)cn2)nc1. The van der Waals surface area contributed by atoms with Gasteiger partial charge in [0.1, 0.15) is 0 Å². The van der Waals surface area contributed by atoms with Crippen molar-refractivity contribution in [2.75, 3.05) is 0 Å². The lowest BCUT2D eigenvalue weighted by Crippen LogP contribution is -1.88. The Morgan fingerprint density at radius 3 is 1.94 bits per heavy atom. The van der Waals surface area contributed by atoms with Gasteiger partial charge in [0.25, 0.3) is 0 Å². The molecule has 0 saturated carbocycles. The van der Waals surface area contributed by atoms with Gasteiger partial charge in [-0.2, -0.15) is 0 Å². The lowest BCUT2D eigenvalue weighted by molar-refractivity contribution is 1.25. The Kier molecular flexibility index (Phi) is 4.18. The van der Waals surface area contributed by atoms with Crippen molar-refractivity contribution in [1.82, 2.24) is 9.97 Å². The highest BCUT2D eigenvalue weighted by molar-refractivity contribution is 6.16. The third kappa shape index (κ3) is 2.96. The Balaban J connectivity index is 1.32. The van der Waals surface area contributed by atoms with E-state index in [4.69, 9.17) is 0 Å². The Labute approximate surface area is 198 Å². The molecule has 7 rings (SSSR count). The van der Waals surface area contributed by atoms with E-state index in [0.717, 1.165) is 22.5 Å². The van der Waals surface area contributed by atoms with E-state index in [0.29, 0.717) is 0 Å². The molecule has 2 nitrogen and oxygen atoms in total. The zero-order chi connectivity index (χ0) is 22.5. The molecule has 34 heavy (non-hydrogen) atoms. The van der Waals surface area contributed by atoms with E-state index in [1.54, 1.807) is 6.20 Å². The average molecular weight is 433 g/mol. The number of benzene rings is 4. The molecule has 0 bridgehead atoms. The molecule has 2 heteroatoms. The van der Waals surface area contributed by atoms with Crippen molar-refractivity contribution in [1.29, 1.82) is 0 Å². The Morgan fingerprint density at radius 1 is 0.412 bits per heavy atom. The van der Waals surface area contributed by atoms with Crippen molar-refractivity contribution in [3.05, 3.63) is 122 Å². The summed E-state index contributed by atoms with van der Waals surface area (Å²) in [5, 5.41) is 2.64. The van der Waals surface area contributed by atoms with Crippen LogP contribution in [0.15, 0.2) is 122 Å². The Hall–Kier alpha value is -4.56. The molecule has 0 amide bonds. The monoisotopic (exact) mass is 432 g/mol. The molecule has 0 spiro atoms. The smallest absolute Gasteiger partial charge is 0.0886 e. The van der Waals surface area contributed by atoms with E-state index in [2.05, 4.69) is 94.9 Å². The average Bonchev–Trinajstić information content (AvgIpc) is 3.24. The summed E-state index contributed by atoms with van der Waals surface area (Å²) in [4.78, 5) is 9.07. The number of nitrogens with zero attached hydrogens (tertiary/aromatic N) is 2. The summed E-state index contributed by atoms with van der Waals surface area (Å²) < 4.78 is 0. The minimum absolute atomic E-state index is 0.882. The van der Waals surface area contributed by atoms with Gasteiger partial charge < -0.3 is 0 Å². The molecule has 0 N–H and O–H groups in total. The van der Waals surface area contributed by atoms with E-state index < -0.39 is 0 Å². The van der Waals surface area contributed by atoms with Crippen LogP contribution in [0.25, 0.3) is 66.7 Å². The van der Waals surface area contributed by atoms with Crippen LogP contribution in [0.1, 0.15) is 0 Å². The molecule has 0 atom stereocenters. The summed E-state index contributed by atoms with van der Waals surface area (Å²) >= 11 is 0. The second-order valence-corrected chi connectivity index (χ2v) is 8.70. The van der Waals surface area contributed by atoms with Gasteiger partial charge in [-0.25, -0.2) is 0 Å². The zero-order valence-corrected chi connectivity index (χ0v) is 18.4. The molecule has 0 unspecified atom stereocenters. The van der Waals surface area contributed by atoms with Crippen LogP contribution in [-0.2, 0) is 0 Å². The minimum Gasteiger partial charge on any atom is -0.255 e. The van der Waals surface area contributed by atoms with Gasteiger partial charge in [0.15, 0.2) is 0 Å². The second-order valence-electron chi connectivity index (χ2n) is 8.70. The van der Waals surface area contributed by atoms with E-state index in [9.17, 15) is 0 Å². The van der Waals surface area contributed by atoms with Gasteiger partial charge in [0, 0.05) is 18.0 Å². The van der Waals surface area contributed by atoms with Gasteiger partial charge in [-0.05, 0) is 86.1 Å². The largest absolute Gasteiger partial charge is 0.255 e. The van der Waals surface area contributed by atoms with Crippen molar-refractivity contribution in [2.24, 2.45) is 0 Å². The summed E-state index contributed by atoms with van der Waals surface area (Å²) in [6, 6.07) is 38.8. The van der Waals surface area contributed by atoms with Crippen molar-refractivity contribution < 1.29 is 0 Å². The van der Waals surface area contributed by atoms with Gasteiger partial charge in [0.2, 0.25) is 0 Å². The molecule has 0 saturated heterocycles. The quantitative estimate of drug-likeness (QED) is 0.281. The van der Waals surface area contributed by atoms with Crippen molar-refractivity contribution >= 4 is 10.8 Å². The van der Waals surface area contributed by atoms with Crippen molar-refractivity contribution in [3.8, 4) is 55.9 Å². The highest BCUT2D eigenvalue weighted by atomic mass is 14.8. The van der Waals surface area contributed by atoms with Crippen LogP contribution in [0.5, 0.6) is 0 Å². The van der Waals surface area contributed by atoms with E-state index in [-0.39, 0.29) is 0 Å². The molecule has 158 valence electrons. The third-order valence-electron chi connectivity index (χ3n) is 6.70. The van der Waals surface area contributed by atoms with Gasteiger partial charge in [-0.1, -0.05) is 72.8 Å². The minimum atomic E-state index is 0.882. The number of pyridine rings is 2. The molecule has 6 aromatic rings. The number of aromatic nitrogens is 2. The summed E-state index contributed by atoms with van der Waals surface area (Å²) in [6.45, 7) is 0. The number of hydrogen-bond donors (Lipinski definition) is 0. The molecule has 2 aromatic heterocycles. The number of fused-ring (bicyclic) bond motifs is 3. The topological polar surface area (TPSA) is 25.8 Å². The molecule has 1 aliphatic carbocycles. The maximum atomic E-state index is 4.67. The molecule has 2 heterocycles. The molecule has 0 fully saturated rings. The Bertz CT molecular complexity index is 1680. The molecular weight excluding hydrogens is 412 g/mol. The summed E-state index contributed by atoms with van der Waals surface area (Å²) in [6.07, 6.45) is 3.73. The maximum Gasteiger partial charge on any atom is 0.0886 e. The Morgan fingerprint density at radius 2 is 1.15 bits per heavy atom. The molecule has 0 radical (unpaired) electrons. The van der Waals surface area contributed by atoms with Crippen molar-refractivity contribution in [2.45, 2.75) is 0 Å². The van der Waals surface area contributed by atoms with Crippen LogP contribution < -0.4 is 0 Å². The van der Waals surface area contributed by atoms with Gasteiger partial charge in [-0.15, -0.1) is 0 Å². The predicted octanol–water partition coefficient (Wildman–Crippen LogP) is 8.28. The van der Waals surface area contributed by atoms with E-state index in [1.807, 2.05) is 30.5 Å². The molecule has 0 aliphatic heterocycles. The lowest BCUT2D eigenvalue weighted by Gasteiger charge is -2.10. The normalized spacial score (nSPS) is 11.5. The molecular formula is C32H20N2. The first kappa shape index (κ1) is 19.0. The summed E-state index contributed by atoms with van der Waals surface area (Å²) in [7, 11) is 0. The first-order valence-electron chi connectivity index (χ1n) is 11.5. The zero-order valence-electron chi connectivity index (χ0n) is 18.4. The van der Waals surface area contributed by atoms with E-state index >= 15 is 0 Å². The first-order chi connectivity index (χ1) is 16.8. The lowest BCUT2D eigenvalue weighted by atomic mass is 9.94. The van der Waals surface area contributed by atoms with Crippen LogP contribution in [0.2, 0.25) is 0 Å². The highest BCUT2D eigenvalue weighted by Gasteiger charge is 2.21. The van der Waals surface area contributed by atoms with Crippen LogP contribution in [0.4, 0.5) is 0 Å². The van der Waals surface area contributed by atoms with E-state index in [1.165, 1.54) is 44.2 Å². The van der Waals surface area contributed by atoms with Crippen LogP contribution >= 0.6 is 0 Å². The number of hydrogen-bond acceptors (Lipinski definition) is 2. The van der Waals surface area contributed by atoms with Crippen LogP contribution in [0.3, 0.4) is 0 Å². The van der Waals surface area contributed by atoms with Gasteiger partial charge >= 0.3 is 0 Å². The fourth-order valence-electron chi connectivity index (χ4n) is 5.09. The van der Waals surface area contributed by atoms with Crippen LogP contribution in [0, 0.1) is 0 Å².